The van der Waals surface area contributed by atoms with Gasteiger partial charge in [-0.3, -0.25) is 9.89 Å². The number of hydrogen-bond acceptors (Lipinski definition) is 10. The number of hydrogen-bond donors (Lipinski definition) is 1. The van der Waals surface area contributed by atoms with Crippen LogP contribution >= 0.6 is 11.6 Å². The summed E-state index contributed by atoms with van der Waals surface area (Å²) in [6.45, 7) is 10.0. The first kappa shape index (κ1) is 33.4. The molecule has 244 valence electrons. The molecule has 1 N–H and O–H groups in total. The second-order valence-corrected chi connectivity index (χ2v) is 13.9. The number of nitrogens with zero attached hydrogens (tertiary/aromatic N) is 7. The second kappa shape index (κ2) is 13.8. The van der Waals surface area contributed by atoms with Crippen LogP contribution in [0.3, 0.4) is 0 Å². The second-order valence-electron chi connectivity index (χ2n) is 13.5. The van der Waals surface area contributed by atoms with E-state index in [9.17, 15) is 9.90 Å². The molecular weight excluding hydrogens is 606 g/mol. The lowest BCUT2D eigenvalue weighted by Gasteiger charge is -2.36. The summed E-state index contributed by atoms with van der Waals surface area (Å²) in [6, 6.07) is 3.84. The molecule has 12 heteroatoms. The van der Waals surface area contributed by atoms with E-state index in [4.69, 9.17) is 31.0 Å². The number of allylic oxidation sites excluding steroid dienone is 1. The van der Waals surface area contributed by atoms with Crippen molar-refractivity contribution in [3.05, 3.63) is 65.1 Å². The summed E-state index contributed by atoms with van der Waals surface area (Å²) in [5, 5.41) is 10.8. The number of amides is 1. The van der Waals surface area contributed by atoms with Gasteiger partial charge in [0.2, 0.25) is 0 Å². The summed E-state index contributed by atoms with van der Waals surface area (Å²) in [4.78, 5) is 42.4. The summed E-state index contributed by atoms with van der Waals surface area (Å²) in [6.07, 6.45) is 12.3. The maximum atomic E-state index is 13.5. The number of methoxy groups -OCH3 is 1. The van der Waals surface area contributed by atoms with E-state index >= 15 is 0 Å². The van der Waals surface area contributed by atoms with Crippen molar-refractivity contribution in [2.75, 3.05) is 25.2 Å². The first-order valence-electron chi connectivity index (χ1n) is 15.6. The van der Waals surface area contributed by atoms with Crippen molar-refractivity contribution < 1.29 is 19.4 Å². The molecule has 1 saturated carbocycles. The van der Waals surface area contributed by atoms with E-state index in [0.29, 0.717) is 23.3 Å². The van der Waals surface area contributed by atoms with E-state index in [1.165, 1.54) is 7.11 Å². The molecule has 11 nitrogen and oxygen atoms in total. The van der Waals surface area contributed by atoms with Crippen molar-refractivity contribution >= 4 is 29.2 Å². The predicted molar refractivity (Wildman–Crippen MR) is 177 cm³/mol. The minimum absolute atomic E-state index is 0.121. The Morgan fingerprint density at radius 2 is 1.67 bits per heavy atom. The Morgan fingerprint density at radius 3 is 2.24 bits per heavy atom. The highest BCUT2D eigenvalue weighted by Crippen LogP contribution is 2.34. The standard InChI is InChI=1S/C34H42ClN7O4/c1-33(2,3)25-19-37-27(41-29(25)30-26(35)13-14-36-30)15-21-7-10-24(11-8-21)42(32(43)46-20-34(4,5)44)28-12-9-22(16-38-28)23-17-39-31(45-6)40-18-23/h9,12-13,16-19,21,24,44H,7-8,10-11,14-15,20H2,1-6H3. The molecule has 2 aliphatic rings. The van der Waals surface area contributed by atoms with E-state index in [2.05, 4.69) is 40.7 Å². The van der Waals surface area contributed by atoms with Crippen LogP contribution in [0.5, 0.6) is 6.01 Å². The molecular formula is C34H42ClN7O4. The van der Waals surface area contributed by atoms with Crippen LogP contribution in [0.25, 0.3) is 11.1 Å². The number of anilines is 1. The van der Waals surface area contributed by atoms with Crippen LogP contribution in [0.1, 0.15) is 77.4 Å². The van der Waals surface area contributed by atoms with Gasteiger partial charge >= 0.3 is 12.1 Å². The van der Waals surface area contributed by atoms with E-state index in [0.717, 1.165) is 66.0 Å². The average molecular weight is 648 g/mol. The number of aromatic nitrogens is 5. The highest BCUT2D eigenvalue weighted by atomic mass is 35.5. The van der Waals surface area contributed by atoms with Crippen LogP contribution in [-0.4, -0.2) is 73.7 Å². The zero-order valence-electron chi connectivity index (χ0n) is 27.3. The highest BCUT2D eigenvalue weighted by Gasteiger charge is 2.33. The third-order valence-electron chi connectivity index (χ3n) is 8.15. The van der Waals surface area contributed by atoms with Gasteiger partial charge in [0.1, 0.15) is 24.0 Å². The topological polar surface area (TPSA) is 136 Å². The molecule has 1 fully saturated rings. The van der Waals surface area contributed by atoms with Crippen LogP contribution in [0, 0.1) is 5.92 Å². The summed E-state index contributed by atoms with van der Waals surface area (Å²) in [5.74, 6) is 1.60. The first-order chi connectivity index (χ1) is 21.8. The lowest BCUT2D eigenvalue weighted by atomic mass is 9.83. The lowest BCUT2D eigenvalue weighted by molar-refractivity contribution is 0.00800. The number of carbonyl (C=O) groups is 1. The Hall–Kier alpha value is -3.96. The van der Waals surface area contributed by atoms with Gasteiger partial charge in [-0.15, -0.1) is 0 Å². The maximum Gasteiger partial charge on any atom is 0.415 e. The molecule has 0 radical (unpaired) electrons. The fraction of sp³-hybridized carbons (Fsp3) is 0.500. The number of ether oxygens (including phenoxy) is 2. The Labute approximate surface area is 275 Å². The Kier molecular flexibility index (Phi) is 10.0. The van der Waals surface area contributed by atoms with Crippen molar-refractivity contribution in [1.82, 2.24) is 24.9 Å². The molecule has 0 atom stereocenters. The van der Waals surface area contributed by atoms with Gasteiger partial charge in [-0.05, 0) is 69.1 Å². The van der Waals surface area contributed by atoms with Crippen LogP contribution in [-0.2, 0) is 16.6 Å². The quantitative estimate of drug-likeness (QED) is 0.293. The van der Waals surface area contributed by atoms with Crippen molar-refractivity contribution in [2.45, 2.75) is 83.8 Å². The van der Waals surface area contributed by atoms with Crippen molar-refractivity contribution in [3.8, 4) is 17.1 Å². The van der Waals surface area contributed by atoms with E-state index in [1.807, 2.05) is 18.3 Å². The summed E-state index contributed by atoms with van der Waals surface area (Å²) in [5.41, 5.74) is 2.82. The number of halogens is 1. The van der Waals surface area contributed by atoms with Crippen LogP contribution in [0.15, 0.2) is 53.0 Å². The summed E-state index contributed by atoms with van der Waals surface area (Å²) in [7, 11) is 1.51. The third-order valence-corrected chi connectivity index (χ3v) is 8.49. The molecule has 1 amide bonds. The fourth-order valence-corrected chi connectivity index (χ4v) is 5.91. The molecule has 1 aliphatic heterocycles. The molecule has 46 heavy (non-hydrogen) atoms. The van der Waals surface area contributed by atoms with E-state index < -0.39 is 11.7 Å². The van der Waals surface area contributed by atoms with E-state index in [-0.39, 0.29) is 24.1 Å². The number of rotatable bonds is 9. The minimum atomic E-state index is -1.16. The normalized spacial score (nSPS) is 18.5. The molecule has 0 unspecified atom stereocenters. The van der Waals surface area contributed by atoms with E-state index in [1.54, 1.807) is 43.4 Å². The molecule has 0 bridgehead atoms. The smallest absolute Gasteiger partial charge is 0.415 e. The maximum absolute atomic E-state index is 13.5. The fourth-order valence-electron chi connectivity index (χ4n) is 5.70. The lowest BCUT2D eigenvalue weighted by Crippen LogP contribution is -2.45. The molecule has 3 aromatic rings. The number of aliphatic hydroxyl groups is 1. The molecule has 5 rings (SSSR count). The van der Waals surface area contributed by atoms with Crippen molar-refractivity contribution in [1.29, 1.82) is 0 Å². The van der Waals surface area contributed by atoms with Gasteiger partial charge in [0.25, 0.3) is 0 Å². The molecule has 0 aromatic carbocycles. The Balaban J connectivity index is 1.31. The van der Waals surface area contributed by atoms with Crippen molar-refractivity contribution in [2.24, 2.45) is 10.9 Å². The van der Waals surface area contributed by atoms with Gasteiger partial charge in [-0.2, -0.15) is 0 Å². The Bertz CT molecular complexity index is 1590. The molecule has 3 aromatic heterocycles. The minimum Gasteiger partial charge on any atom is -0.467 e. The molecule has 1 aliphatic carbocycles. The van der Waals surface area contributed by atoms with Gasteiger partial charge < -0.3 is 14.6 Å². The van der Waals surface area contributed by atoms with Gasteiger partial charge in [-0.1, -0.05) is 32.4 Å². The SMILES string of the molecule is COc1ncc(-c2ccc(N(C(=O)OCC(C)(C)O)C3CCC(Cc4ncc(C(C)(C)C)c(C5=NCC=C5Cl)n4)CC3)nc2)cn1. The first-order valence-corrected chi connectivity index (χ1v) is 16.0. The predicted octanol–water partition coefficient (Wildman–Crippen LogP) is 6.08. The van der Waals surface area contributed by atoms with Crippen LogP contribution in [0.2, 0.25) is 0 Å². The van der Waals surface area contributed by atoms with Crippen molar-refractivity contribution in [3.63, 3.8) is 0 Å². The zero-order valence-corrected chi connectivity index (χ0v) is 28.1. The van der Waals surface area contributed by atoms with Gasteiger partial charge in [0.15, 0.2) is 0 Å². The number of carbonyl (C=O) groups excluding carboxylic acids is 1. The summed E-state index contributed by atoms with van der Waals surface area (Å²) < 4.78 is 10.6. The van der Waals surface area contributed by atoms with Gasteiger partial charge in [-0.25, -0.2) is 29.7 Å². The van der Waals surface area contributed by atoms with Gasteiger partial charge in [0.05, 0.1) is 30.0 Å². The molecule has 4 heterocycles. The third kappa shape index (κ3) is 8.06. The molecule has 0 spiro atoms. The van der Waals surface area contributed by atoms with Crippen LogP contribution < -0.4 is 9.64 Å². The molecule has 0 saturated heterocycles. The number of aliphatic imine (C=N–C) groups is 1. The summed E-state index contributed by atoms with van der Waals surface area (Å²) >= 11 is 6.50. The number of pyridine rings is 1. The largest absolute Gasteiger partial charge is 0.467 e. The highest BCUT2D eigenvalue weighted by molar-refractivity contribution is 6.46. The Morgan fingerprint density at radius 1 is 0.978 bits per heavy atom. The van der Waals surface area contributed by atoms with Crippen LogP contribution in [0.4, 0.5) is 10.6 Å². The zero-order chi connectivity index (χ0) is 33.1. The van der Waals surface area contributed by atoms with Gasteiger partial charge in [0, 0.05) is 53.9 Å². The monoisotopic (exact) mass is 647 g/mol. The average Bonchev–Trinajstić information content (AvgIpc) is 3.46.